The topological polar surface area (TPSA) is 122 Å². The number of sulfonamides is 1. The van der Waals surface area contributed by atoms with Crippen LogP contribution in [-0.2, 0) is 14.8 Å². The molecule has 1 amide bonds. The van der Waals surface area contributed by atoms with Crippen LogP contribution in [0, 0.1) is 0 Å². The maximum absolute atomic E-state index is 12.1. The minimum atomic E-state index is -4.01. The number of carbonyl (C=O) groups is 2. The van der Waals surface area contributed by atoms with E-state index in [0.29, 0.717) is 0 Å². The van der Waals surface area contributed by atoms with Gasteiger partial charge in [0.05, 0.1) is 17.1 Å². The Morgan fingerprint density at radius 2 is 1.56 bits per heavy atom. The number of phenols is 1. The van der Waals surface area contributed by atoms with E-state index in [2.05, 4.69) is 5.43 Å². The second-order valence-corrected chi connectivity index (χ2v) is 6.53. The van der Waals surface area contributed by atoms with E-state index in [4.69, 9.17) is 9.84 Å². The highest BCUT2D eigenvalue weighted by Crippen LogP contribution is 2.12. The van der Waals surface area contributed by atoms with Crippen molar-refractivity contribution < 1.29 is 27.9 Å². The molecule has 0 aliphatic heterocycles. The molecule has 132 valence electrons. The summed E-state index contributed by atoms with van der Waals surface area (Å²) in [5, 5.41) is 9.17. The summed E-state index contributed by atoms with van der Waals surface area (Å²) < 4.78 is 29.1. The minimum absolute atomic E-state index is 0.0150. The summed E-state index contributed by atoms with van der Waals surface area (Å²) in [6.45, 7) is 1.88. The number of nitrogens with one attached hydrogen (secondary N) is 2. The van der Waals surface area contributed by atoms with Crippen molar-refractivity contribution in [2.75, 3.05) is 6.61 Å². The third kappa shape index (κ3) is 4.78. The van der Waals surface area contributed by atoms with Gasteiger partial charge in [-0.2, -0.15) is 0 Å². The van der Waals surface area contributed by atoms with E-state index in [0.717, 1.165) is 0 Å². The smallest absolute Gasteiger partial charge is 0.338 e. The van der Waals surface area contributed by atoms with Crippen LogP contribution in [0.3, 0.4) is 0 Å². The average molecular weight is 364 g/mol. The number of hydrazine groups is 1. The van der Waals surface area contributed by atoms with E-state index < -0.39 is 21.9 Å². The van der Waals surface area contributed by atoms with Gasteiger partial charge in [0.2, 0.25) is 0 Å². The molecule has 9 heteroatoms. The molecule has 0 radical (unpaired) electrons. The molecule has 0 heterocycles. The Labute approximate surface area is 144 Å². The van der Waals surface area contributed by atoms with Crippen LogP contribution in [0.1, 0.15) is 27.6 Å². The Kier molecular flexibility index (Phi) is 5.73. The van der Waals surface area contributed by atoms with E-state index in [1.54, 1.807) is 6.92 Å². The molecule has 0 bridgehead atoms. The molecule has 0 aliphatic carbocycles. The van der Waals surface area contributed by atoms with Crippen LogP contribution >= 0.6 is 0 Å². The number of amides is 1. The highest BCUT2D eigenvalue weighted by Gasteiger charge is 2.17. The standard InChI is InChI=1S/C16H16N2O6S/c1-2-24-16(21)12-5-9-14(10-6-12)25(22,23)18-17-15(20)11-3-7-13(19)8-4-11/h3-10,18-19H,2H2,1H3,(H,17,20). The van der Waals surface area contributed by atoms with Crippen LogP contribution in [0.15, 0.2) is 53.4 Å². The van der Waals surface area contributed by atoms with Gasteiger partial charge >= 0.3 is 5.97 Å². The molecule has 0 aromatic heterocycles. The molecule has 25 heavy (non-hydrogen) atoms. The summed E-state index contributed by atoms with van der Waals surface area (Å²) in [6.07, 6.45) is 0. The van der Waals surface area contributed by atoms with E-state index in [1.807, 2.05) is 4.83 Å². The maximum atomic E-state index is 12.1. The zero-order valence-corrected chi connectivity index (χ0v) is 14.0. The number of hydrogen-bond donors (Lipinski definition) is 3. The largest absolute Gasteiger partial charge is 0.508 e. The molecule has 3 N–H and O–H groups in total. The predicted molar refractivity (Wildman–Crippen MR) is 88.3 cm³/mol. The Hall–Kier alpha value is -2.91. The molecular formula is C16H16N2O6S. The first-order valence-corrected chi connectivity index (χ1v) is 8.70. The second kappa shape index (κ2) is 7.77. The molecule has 2 aromatic carbocycles. The van der Waals surface area contributed by atoms with Gasteiger partial charge in [0.25, 0.3) is 15.9 Å². The fourth-order valence-corrected chi connectivity index (χ4v) is 2.68. The van der Waals surface area contributed by atoms with E-state index in [-0.39, 0.29) is 28.4 Å². The number of esters is 1. The first kappa shape index (κ1) is 18.4. The highest BCUT2D eigenvalue weighted by molar-refractivity contribution is 7.89. The van der Waals surface area contributed by atoms with E-state index >= 15 is 0 Å². The highest BCUT2D eigenvalue weighted by atomic mass is 32.2. The zero-order chi connectivity index (χ0) is 18.4. The number of phenolic OH excluding ortho intramolecular Hbond substituents is 1. The summed E-state index contributed by atoms with van der Waals surface area (Å²) in [5.41, 5.74) is 2.45. The maximum Gasteiger partial charge on any atom is 0.338 e. The fourth-order valence-electron chi connectivity index (χ4n) is 1.84. The van der Waals surface area contributed by atoms with Gasteiger partial charge in [0, 0.05) is 5.56 Å². The van der Waals surface area contributed by atoms with E-state index in [1.165, 1.54) is 48.5 Å². The van der Waals surface area contributed by atoms with Gasteiger partial charge in [-0.05, 0) is 55.5 Å². The van der Waals surface area contributed by atoms with Gasteiger partial charge in [0.15, 0.2) is 0 Å². The normalized spacial score (nSPS) is 10.9. The molecule has 8 nitrogen and oxygen atoms in total. The summed E-state index contributed by atoms with van der Waals surface area (Å²) in [4.78, 5) is 25.2. The van der Waals surface area contributed by atoms with Gasteiger partial charge in [-0.25, -0.2) is 13.2 Å². The SMILES string of the molecule is CCOC(=O)c1ccc(S(=O)(=O)NNC(=O)c2ccc(O)cc2)cc1. The second-order valence-electron chi connectivity index (χ2n) is 4.85. The van der Waals surface area contributed by atoms with Crippen LogP contribution in [0.2, 0.25) is 0 Å². The van der Waals surface area contributed by atoms with Crippen molar-refractivity contribution in [1.29, 1.82) is 0 Å². The molecule has 0 spiro atoms. The third-order valence-electron chi connectivity index (χ3n) is 3.10. The van der Waals surface area contributed by atoms with Crippen molar-refractivity contribution >= 4 is 21.9 Å². The Bertz CT molecular complexity index is 861. The van der Waals surface area contributed by atoms with Crippen LogP contribution in [0.25, 0.3) is 0 Å². The van der Waals surface area contributed by atoms with Gasteiger partial charge in [-0.1, -0.05) is 0 Å². The van der Waals surface area contributed by atoms with Crippen LogP contribution < -0.4 is 10.3 Å². The zero-order valence-electron chi connectivity index (χ0n) is 13.2. The molecule has 0 atom stereocenters. The van der Waals surface area contributed by atoms with Gasteiger partial charge in [0.1, 0.15) is 5.75 Å². The lowest BCUT2D eigenvalue weighted by molar-refractivity contribution is 0.0526. The summed E-state index contributed by atoms with van der Waals surface area (Å²) in [7, 11) is -4.01. The molecule has 0 unspecified atom stereocenters. The number of hydrogen-bond acceptors (Lipinski definition) is 6. The van der Waals surface area contributed by atoms with E-state index in [9.17, 15) is 18.0 Å². The van der Waals surface area contributed by atoms with Crippen LogP contribution in [0.5, 0.6) is 5.75 Å². The average Bonchev–Trinajstić information content (AvgIpc) is 2.61. The van der Waals surface area contributed by atoms with Crippen molar-refractivity contribution in [2.45, 2.75) is 11.8 Å². The minimum Gasteiger partial charge on any atom is -0.508 e. The fraction of sp³-hybridized carbons (Fsp3) is 0.125. The Balaban J connectivity index is 2.04. The number of rotatable bonds is 6. The first-order valence-electron chi connectivity index (χ1n) is 7.22. The molecule has 0 aliphatic rings. The van der Waals surface area contributed by atoms with Crippen LogP contribution in [0.4, 0.5) is 0 Å². The molecule has 2 rings (SSSR count). The summed E-state index contributed by atoms with van der Waals surface area (Å²) >= 11 is 0. The number of benzene rings is 2. The lowest BCUT2D eigenvalue weighted by atomic mass is 10.2. The summed E-state index contributed by atoms with van der Waals surface area (Å²) in [6, 6.07) is 10.4. The molecule has 2 aromatic rings. The molecule has 0 saturated carbocycles. The molecular weight excluding hydrogens is 348 g/mol. The van der Waals surface area contributed by atoms with Crippen molar-refractivity contribution in [3.8, 4) is 5.75 Å². The molecule has 0 fully saturated rings. The van der Waals surface area contributed by atoms with Crippen molar-refractivity contribution in [1.82, 2.24) is 10.3 Å². The van der Waals surface area contributed by atoms with Gasteiger partial charge in [-0.3, -0.25) is 10.2 Å². The van der Waals surface area contributed by atoms with Crippen LogP contribution in [-0.4, -0.2) is 32.0 Å². The Morgan fingerprint density at radius 1 is 1.00 bits per heavy atom. The Morgan fingerprint density at radius 3 is 2.12 bits per heavy atom. The van der Waals surface area contributed by atoms with Gasteiger partial charge in [-0.15, -0.1) is 4.83 Å². The summed E-state index contributed by atoms with van der Waals surface area (Å²) in [5.74, 6) is -1.26. The number of aromatic hydroxyl groups is 1. The monoisotopic (exact) mass is 364 g/mol. The quantitative estimate of drug-likeness (QED) is 0.523. The molecule has 0 saturated heterocycles. The lowest BCUT2D eigenvalue weighted by Gasteiger charge is -2.09. The first-order chi connectivity index (χ1) is 11.8. The third-order valence-corrected chi connectivity index (χ3v) is 4.37. The predicted octanol–water partition coefficient (Wildman–Crippen LogP) is 1.19. The van der Waals surface area contributed by atoms with Crippen molar-refractivity contribution in [2.24, 2.45) is 0 Å². The lowest BCUT2D eigenvalue weighted by Crippen LogP contribution is -2.41. The van der Waals surface area contributed by atoms with Gasteiger partial charge < -0.3 is 9.84 Å². The van der Waals surface area contributed by atoms with Crippen molar-refractivity contribution in [3.63, 3.8) is 0 Å². The van der Waals surface area contributed by atoms with Crippen molar-refractivity contribution in [3.05, 3.63) is 59.7 Å². The number of ether oxygens (including phenoxy) is 1. The number of carbonyl (C=O) groups excluding carboxylic acids is 2.